The topological polar surface area (TPSA) is 154 Å². The number of halogens is 2. The fraction of sp³-hybridized carbons (Fsp3) is 0.292. The number of aromatic nitrogens is 6. The van der Waals surface area contributed by atoms with Crippen molar-refractivity contribution in [3.05, 3.63) is 53.8 Å². The summed E-state index contributed by atoms with van der Waals surface area (Å²) in [6.07, 6.45) is 1.77. The third kappa shape index (κ3) is 7.50. The van der Waals surface area contributed by atoms with E-state index in [1.54, 1.807) is 32.5 Å². The van der Waals surface area contributed by atoms with Gasteiger partial charge in [-0.1, -0.05) is 0 Å². The molecule has 0 bridgehead atoms. The summed E-state index contributed by atoms with van der Waals surface area (Å²) in [5.74, 6) is -3.11. The summed E-state index contributed by atoms with van der Waals surface area (Å²) in [5.41, 5.74) is 1.34. The normalized spacial score (nSPS) is 12.1. The van der Waals surface area contributed by atoms with Crippen LogP contribution in [0.2, 0.25) is 0 Å². The minimum absolute atomic E-state index is 0.0105. The highest BCUT2D eigenvalue weighted by Gasteiger charge is 2.23. The summed E-state index contributed by atoms with van der Waals surface area (Å²) in [6, 6.07) is 4.05. The Kier molecular flexibility index (Phi) is 8.09. The number of alkyl carbamates (subject to hydrolysis) is 1. The molecule has 0 spiro atoms. The Labute approximate surface area is 224 Å². The van der Waals surface area contributed by atoms with Crippen LogP contribution in [0.5, 0.6) is 11.6 Å². The number of amides is 1. The van der Waals surface area contributed by atoms with E-state index in [9.17, 15) is 23.5 Å². The van der Waals surface area contributed by atoms with E-state index >= 15 is 0 Å². The Morgan fingerprint density at radius 1 is 1.18 bits per heavy atom. The van der Waals surface area contributed by atoms with E-state index in [1.807, 2.05) is 0 Å². The summed E-state index contributed by atoms with van der Waals surface area (Å²) in [6.45, 7) is 4.84. The number of nitrogens with one attached hydrogen (secondary N) is 1. The van der Waals surface area contributed by atoms with Crippen molar-refractivity contribution in [1.82, 2.24) is 35.5 Å². The molecule has 0 fully saturated rings. The molecule has 3 heterocycles. The predicted molar refractivity (Wildman–Crippen MR) is 134 cm³/mol. The van der Waals surface area contributed by atoms with E-state index in [1.165, 1.54) is 35.7 Å². The van der Waals surface area contributed by atoms with Crippen LogP contribution in [0.25, 0.3) is 21.8 Å². The molecule has 4 rings (SSSR count). The molecule has 0 radical (unpaired) electrons. The molecule has 0 saturated carbocycles. The zero-order chi connectivity index (χ0) is 28.2. The van der Waals surface area contributed by atoms with Crippen LogP contribution in [0.1, 0.15) is 27.2 Å². The van der Waals surface area contributed by atoms with Gasteiger partial charge in [0.15, 0.2) is 5.82 Å². The maximum atomic E-state index is 14.9. The molecule has 1 atom stereocenters. The average Bonchev–Trinajstić information content (AvgIpc) is 3.51. The molecule has 0 saturated heterocycles. The van der Waals surface area contributed by atoms with Gasteiger partial charge in [-0.2, -0.15) is 4.80 Å². The fourth-order valence-corrected chi connectivity index (χ4v) is 3.92. The molecular formula is C24H23F2N7O5S. The average molecular weight is 560 g/mol. The van der Waals surface area contributed by atoms with Gasteiger partial charge in [0.2, 0.25) is 5.82 Å². The molecular weight excluding hydrogens is 536 g/mol. The largest absolute Gasteiger partial charge is 0.481 e. The number of carboxylic acids is 1. The van der Waals surface area contributed by atoms with Crippen molar-refractivity contribution in [2.45, 2.75) is 45.4 Å². The summed E-state index contributed by atoms with van der Waals surface area (Å²) >= 11 is 1.33. The van der Waals surface area contributed by atoms with Crippen molar-refractivity contribution >= 4 is 23.4 Å². The zero-order valence-electron chi connectivity index (χ0n) is 21.0. The number of carbonyl (C=O) groups is 2. The monoisotopic (exact) mass is 559 g/mol. The first-order chi connectivity index (χ1) is 18.5. The molecule has 0 aliphatic heterocycles. The number of benzene rings is 1. The first-order valence-corrected chi connectivity index (χ1v) is 12.4. The summed E-state index contributed by atoms with van der Waals surface area (Å²) in [5, 5.41) is 23.4. The Morgan fingerprint density at radius 3 is 2.62 bits per heavy atom. The van der Waals surface area contributed by atoms with Crippen molar-refractivity contribution < 1.29 is 33.0 Å². The highest BCUT2D eigenvalue weighted by atomic mass is 32.1. The number of rotatable bonds is 9. The molecule has 39 heavy (non-hydrogen) atoms. The lowest BCUT2D eigenvalue weighted by molar-refractivity contribution is -0.137. The van der Waals surface area contributed by atoms with Crippen LogP contribution in [-0.4, -0.2) is 59.0 Å². The lowest BCUT2D eigenvalue weighted by Gasteiger charge is -2.22. The number of aliphatic carboxylic acids is 1. The summed E-state index contributed by atoms with van der Waals surface area (Å²) in [7, 11) is 0. The van der Waals surface area contributed by atoms with Crippen molar-refractivity contribution in [2.24, 2.45) is 0 Å². The first kappa shape index (κ1) is 27.5. The lowest BCUT2D eigenvalue weighted by atomic mass is 10.2. The van der Waals surface area contributed by atoms with E-state index in [0.29, 0.717) is 5.56 Å². The van der Waals surface area contributed by atoms with Gasteiger partial charge in [-0.15, -0.1) is 21.5 Å². The van der Waals surface area contributed by atoms with Gasteiger partial charge in [0, 0.05) is 24.0 Å². The highest BCUT2D eigenvalue weighted by molar-refractivity contribution is 7.13. The van der Waals surface area contributed by atoms with Gasteiger partial charge in [0.1, 0.15) is 17.2 Å². The summed E-state index contributed by atoms with van der Waals surface area (Å²) < 4.78 is 40.0. The highest BCUT2D eigenvalue weighted by Crippen LogP contribution is 2.30. The quantitative estimate of drug-likeness (QED) is 0.303. The number of nitrogens with zero attached hydrogens (tertiary/aromatic N) is 6. The van der Waals surface area contributed by atoms with Crippen LogP contribution in [0.15, 0.2) is 42.2 Å². The van der Waals surface area contributed by atoms with Crippen LogP contribution < -0.4 is 10.1 Å². The van der Waals surface area contributed by atoms with Gasteiger partial charge < -0.3 is 19.9 Å². The molecule has 4 aromatic rings. The van der Waals surface area contributed by atoms with Gasteiger partial charge in [-0.05, 0) is 44.2 Å². The maximum Gasteiger partial charge on any atom is 0.407 e. The van der Waals surface area contributed by atoms with Crippen molar-refractivity contribution in [3.63, 3.8) is 0 Å². The van der Waals surface area contributed by atoms with Crippen LogP contribution >= 0.6 is 11.3 Å². The van der Waals surface area contributed by atoms with E-state index in [-0.39, 0.29) is 29.6 Å². The maximum absolute atomic E-state index is 14.9. The molecule has 15 heteroatoms. The number of ether oxygens (including phenoxy) is 2. The smallest absolute Gasteiger partial charge is 0.407 e. The van der Waals surface area contributed by atoms with E-state index in [4.69, 9.17) is 9.47 Å². The zero-order valence-corrected chi connectivity index (χ0v) is 21.8. The second-order valence-corrected chi connectivity index (χ2v) is 10.1. The number of hydrogen-bond donors (Lipinski definition) is 2. The fourth-order valence-electron chi connectivity index (χ4n) is 3.32. The van der Waals surface area contributed by atoms with Gasteiger partial charge in [-0.3, -0.25) is 9.78 Å². The van der Waals surface area contributed by atoms with Crippen LogP contribution in [0.3, 0.4) is 0 Å². The number of carbonyl (C=O) groups excluding carboxylic acids is 1. The molecule has 1 aromatic carbocycles. The number of tetrazole rings is 1. The lowest BCUT2D eigenvalue weighted by Crippen LogP contribution is -2.42. The molecule has 12 nitrogen and oxygen atoms in total. The standard InChI is InChI=1S/C24H23F2N7O5S/c1-24(2,3)38-23(36)29-14(7-20(34)35)11-33-31-21(30-32-33)16-5-4-15(8-17(16)25)37-22-18(26)6-13(9-28-22)19-10-27-12-39-19/h4-6,8-10,12,14H,7,11H2,1-3H3,(H,29,36)(H,34,35). The van der Waals surface area contributed by atoms with Crippen molar-refractivity contribution in [1.29, 1.82) is 0 Å². The number of hydrogen-bond acceptors (Lipinski definition) is 10. The van der Waals surface area contributed by atoms with Gasteiger partial charge in [0.05, 0.1) is 35.0 Å². The Hall–Kier alpha value is -4.53. The Balaban J connectivity index is 1.45. The predicted octanol–water partition coefficient (Wildman–Crippen LogP) is 4.30. The van der Waals surface area contributed by atoms with Gasteiger partial charge in [0.25, 0.3) is 5.88 Å². The van der Waals surface area contributed by atoms with E-state index in [0.717, 1.165) is 15.7 Å². The minimum Gasteiger partial charge on any atom is -0.481 e. The Morgan fingerprint density at radius 2 is 1.97 bits per heavy atom. The van der Waals surface area contributed by atoms with Gasteiger partial charge >= 0.3 is 12.1 Å². The van der Waals surface area contributed by atoms with E-state index in [2.05, 4.69) is 30.7 Å². The molecule has 3 aromatic heterocycles. The number of pyridine rings is 1. The van der Waals surface area contributed by atoms with Crippen LogP contribution in [0.4, 0.5) is 13.6 Å². The van der Waals surface area contributed by atoms with Crippen molar-refractivity contribution in [3.8, 4) is 33.5 Å². The minimum atomic E-state index is -1.16. The second kappa shape index (κ2) is 11.5. The van der Waals surface area contributed by atoms with Crippen LogP contribution in [-0.2, 0) is 16.1 Å². The Bertz CT molecular complexity index is 1470. The first-order valence-electron chi connectivity index (χ1n) is 11.5. The van der Waals surface area contributed by atoms with Crippen LogP contribution in [0, 0.1) is 11.6 Å². The third-order valence-electron chi connectivity index (χ3n) is 4.90. The molecule has 0 aliphatic rings. The number of thiazole rings is 1. The summed E-state index contributed by atoms with van der Waals surface area (Å²) in [4.78, 5) is 33.0. The van der Waals surface area contributed by atoms with Gasteiger partial charge in [-0.25, -0.2) is 18.6 Å². The molecule has 0 aliphatic carbocycles. The molecule has 204 valence electrons. The SMILES string of the molecule is CC(C)(C)OC(=O)NC(CC(=O)O)Cn1nnc(-c2ccc(Oc3ncc(-c4cncs4)cc3F)cc2F)n1. The number of carboxylic acid groups (broad SMARTS) is 1. The molecule has 1 amide bonds. The third-order valence-corrected chi connectivity index (χ3v) is 5.72. The molecule has 1 unspecified atom stereocenters. The van der Waals surface area contributed by atoms with Crippen molar-refractivity contribution in [2.75, 3.05) is 0 Å². The van der Waals surface area contributed by atoms with E-state index < -0.39 is 41.8 Å². The molecule has 2 N–H and O–H groups in total. The second-order valence-electron chi connectivity index (χ2n) is 9.23.